The molecule has 2 saturated heterocycles. The van der Waals surface area contributed by atoms with Crippen LogP contribution in [-0.4, -0.2) is 63.5 Å². The van der Waals surface area contributed by atoms with Gasteiger partial charge in [0.05, 0.1) is 12.1 Å². The fourth-order valence-electron chi connectivity index (χ4n) is 5.23. The summed E-state index contributed by atoms with van der Waals surface area (Å²) in [7, 11) is 0. The summed E-state index contributed by atoms with van der Waals surface area (Å²) in [5, 5.41) is 6.31. The van der Waals surface area contributed by atoms with E-state index in [2.05, 4.69) is 25.6 Å². The fourth-order valence-corrected chi connectivity index (χ4v) is 5.23. The normalized spacial score (nSPS) is 18.1. The molecule has 2 aliphatic rings. The first-order valence-electron chi connectivity index (χ1n) is 14.6. The second-order valence-corrected chi connectivity index (χ2v) is 11.2. The summed E-state index contributed by atoms with van der Waals surface area (Å²) in [6.45, 7) is 7.50. The molecule has 5 rings (SSSR count). The molecule has 3 amide bonds. The van der Waals surface area contributed by atoms with Gasteiger partial charge in [-0.05, 0) is 67.2 Å². The molecule has 2 aromatic heterocycles. The molecule has 0 saturated carbocycles. The highest BCUT2D eigenvalue weighted by atomic mass is 16.6. The van der Waals surface area contributed by atoms with Crippen molar-refractivity contribution in [2.24, 2.45) is 11.8 Å². The number of ether oxygens (including phenoxy) is 1. The SMILES string of the molecule is CC(C)[C@H]1COC(=O)N1c1ccnc(N[C@@H](C)c2ccc(NC(=O)C3CCN(C(=O)/C=C/c4cccnc4)CC3)cc2)n1. The summed E-state index contributed by atoms with van der Waals surface area (Å²) < 4.78 is 5.25. The summed E-state index contributed by atoms with van der Waals surface area (Å²) in [5.74, 6) is 0.874. The Morgan fingerprint density at radius 2 is 1.81 bits per heavy atom. The Labute approximate surface area is 251 Å². The maximum Gasteiger partial charge on any atom is 0.415 e. The number of nitrogens with zero attached hydrogens (tertiary/aromatic N) is 5. The molecular weight excluding hydrogens is 546 g/mol. The number of anilines is 3. The largest absolute Gasteiger partial charge is 0.447 e. The molecule has 2 N–H and O–H groups in total. The third-order valence-corrected chi connectivity index (χ3v) is 7.87. The van der Waals surface area contributed by atoms with Crippen LogP contribution in [0.4, 0.5) is 22.2 Å². The third kappa shape index (κ3) is 7.35. The highest BCUT2D eigenvalue weighted by Gasteiger charge is 2.37. The maximum absolute atomic E-state index is 12.9. The van der Waals surface area contributed by atoms with Crippen molar-refractivity contribution in [1.29, 1.82) is 0 Å². The van der Waals surface area contributed by atoms with Gasteiger partial charge in [0, 0.05) is 49.4 Å². The molecule has 224 valence electrons. The van der Waals surface area contributed by atoms with E-state index in [4.69, 9.17) is 4.74 Å². The van der Waals surface area contributed by atoms with Crippen LogP contribution in [0.3, 0.4) is 0 Å². The van der Waals surface area contributed by atoms with Crippen molar-refractivity contribution in [3.8, 4) is 0 Å². The molecule has 0 radical (unpaired) electrons. The van der Waals surface area contributed by atoms with Gasteiger partial charge in [0.2, 0.25) is 17.8 Å². The molecule has 2 fully saturated rings. The van der Waals surface area contributed by atoms with Crippen LogP contribution in [0.15, 0.2) is 67.1 Å². The summed E-state index contributed by atoms with van der Waals surface area (Å²) in [4.78, 5) is 54.1. The molecule has 4 heterocycles. The Hall–Kier alpha value is -4.80. The minimum Gasteiger partial charge on any atom is -0.447 e. The van der Waals surface area contributed by atoms with Crippen LogP contribution < -0.4 is 15.5 Å². The second-order valence-electron chi connectivity index (χ2n) is 11.2. The number of amides is 3. The van der Waals surface area contributed by atoms with Gasteiger partial charge in [-0.2, -0.15) is 4.98 Å². The first kappa shape index (κ1) is 29.7. The predicted octanol–water partition coefficient (Wildman–Crippen LogP) is 4.92. The van der Waals surface area contributed by atoms with E-state index >= 15 is 0 Å². The Morgan fingerprint density at radius 1 is 1.05 bits per heavy atom. The molecule has 0 aliphatic carbocycles. The quantitative estimate of drug-likeness (QED) is 0.340. The van der Waals surface area contributed by atoms with Gasteiger partial charge < -0.3 is 20.3 Å². The summed E-state index contributed by atoms with van der Waals surface area (Å²) in [5.41, 5.74) is 2.57. The van der Waals surface area contributed by atoms with Crippen LogP contribution >= 0.6 is 0 Å². The number of hydrogen-bond donors (Lipinski definition) is 2. The number of carbonyl (C=O) groups is 3. The van der Waals surface area contributed by atoms with Crippen LogP contribution in [0.2, 0.25) is 0 Å². The van der Waals surface area contributed by atoms with Crippen molar-refractivity contribution < 1.29 is 19.1 Å². The molecule has 0 spiro atoms. The first-order chi connectivity index (χ1) is 20.8. The van der Waals surface area contributed by atoms with Crippen LogP contribution in [0.1, 0.15) is 50.8 Å². The van der Waals surface area contributed by atoms with Crippen LogP contribution in [0.5, 0.6) is 0 Å². The molecule has 43 heavy (non-hydrogen) atoms. The Balaban J connectivity index is 1.11. The maximum atomic E-state index is 12.9. The van der Waals surface area contributed by atoms with Crippen LogP contribution in [-0.2, 0) is 14.3 Å². The Morgan fingerprint density at radius 3 is 2.51 bits per heavy atom. The zero-order valence-corrected chi connectivity index (χ0v) is 24.6. The molecule has 0 bridgehead atoms. The van der Waals surface area contributed by atoms with E-state index in [1.165, 1.54) is 0 Å². The van der Waals surface area contributed by atoms with Gasteiger partial charge in [-0.15, -0.1) is 0 Å². The average molecular weight is 584 g/mol. The van der Waals surface area contributed by atoms with E-state index in [1.807, 2.05) is 57.2 Å². The van der Waals surface area contributed by atoms with E-state index in [0.29, 0.717) is 50.0 Å². The summed E-state index contributed by atoms with van der Waals surface area (Å²) in [6.07, 6.45) is 9.16. The highest BCUT2D eigenvalue weighted by molar-refractivity contribution is 5.94. The minimum atomic E-state index is -0.401. The van der Waals surface area contributed by atoms with Crippen molar-refractivity contribution in [2.45, 2.75) is 45.7 Å². The van der Waals surface area contributed by atoms with E-state index < -0.39 is 6.09 Å². The zero-order chi connectivity index (χ0) is 30.3. The molecule has 2 aliphatic heterocycles. The Kier molecular flexibility index (Phi) is 9.29. The minimum absolute atomic E-state index is 0.0396. The van der Waals surface area contributed by atoms with Gasteiger partial charge in [0.1, 0.15) is 12.4 Å². The van der Waals surface area contributed by atoms with Gasteiger partial charge in [-0.1, -0.05) is 32.0 Å². The number of carbonyl (C=O) groups excluding carboxylic acids is 3. The number of pyridine rings is 1. The number of rotatable bonds is 9. The number of benzene rings is 1. The third-order valence-electron chi connectivity index (χ3n) is 7.87. The lowest BCUT2D eigenvalue weighted by Crippen LogP contribution is -2.40. The molecular formula is C32H37N7O4. The first-order valence-corrected chi connectivity index (χ1v) is 14.6. The highest BCUT2D eigenvalue weighted by Crippen LogP contribution is 2.27. The zero-order valence-electron chi connectivity index (χ0n) is 24.6. The standard InChI is InChI=1S/C32H37N7O4/c1-21(2)27-20-43-32(42)39(27)28-12-16-34-31(37-28)35-22(3)24-7-9-26(10-8-24)36-30(41)25-13-17-38(18-14-25)29(40)11-6-23-5-4-15-33-19-23/h4-12,15-16,19,21-22,25,27H,13-14,17-18,20H2,1-3H3,(H,36,41)(H,34,35,37)/b11-6+/t22-,27+/m0/s1. The van der Waals surface area contributed by atoms with Gasteiger partial charge in [-0.25, -0.2) is 9.78 Å². The van der Waals surface area contributed by atoms with Gasteiger partial charge >= 0.3 is 6.09 Å². The van der Waals surface area contributed by atoms with E-state index in [1.54, 1.807) is 46.6 Å². The van der Waals surface area contributed by atoms with Gasteiger partial charge in [0.25, 0.3) is 0 Å². The number of aromatic nitrogens is 3. The molecule has 3 aromatic rings. The van der Waals surface area contributed by atoms with E-state index in [0.717, 1.165) is 11.1 Å². The molecule has 11 nitrogen and oxygen atoms in total. The molecule has 1 aromatic carbocycles. The summed E-state index contributed by atoms with van der Waals surface area (Å²) in [6, 6.07) is 12.9. The number of cyclic esters (lactones) is 1. The second kappa shape index (κ2) is 13.5. The van der Waals surface area contributed by atoms with Crippen LogP contribution in [0.25, 0.3) is 6.08 Å². The predicted molar refractivity (Wildman–Crippen MR) is 164 cm³/mol. The lowest BCUT2D eigenvalue weighted by Gasteiger charge is -2.30. The monoisotopic (exact) mass is 583 g/mol. The van der Waals surface area contributed by atoms with Gasteiger partial charge in [-0.3, -0.25) is 19.5 Å². The van der Waals surface area contributed by atoms with Crippen molar-refractivity contribution in [2.75, 3.05) is 35.2 Å². The lowest BCUT2D eigenvalue weighted by atomic mass is 9.95. The van der Waals surface area contributed by atoms with Crippen molar-refractivity contribution >= 4 is 41.4 Å². The van der Waals surface area contributed by atoms with Gasteiger partial charge in [0.15, 0.2) is 0 Å². The molecule has 0 unspecified atom stereocenters. The number of likely N-dealkylation sites (tertiary alicyclic amines) is 1. The van der Waals surface area contributed by atoms with Crippen molar-refractivity contribution in [1.82, 2.24) is 19.9 Å². The van der Waals surface area contributed by atoms with Crippen molar-refractivity contribution in [3.63, 3.8) is 0 Å². The smallest absolute Gasteiger partial charge is 0.415 e. The fraction of sp³-hybridized carbons (Fsp3) is 0.375. The number of nitrogens with one attached hydrogen (secondary N) is 2. The average Bonchev–Trinajstić information content (AvgIpc) is 3.42. The number of piperidine rings is 1. The van der Waals surface area contributed by atoms with E-state index in [9.17, 15) is 14.4 Å². The lowest BCUT2D eigenvalue weighted by molar-refractivity contribution is -0.130. The van der Waals surface area contributed by atoms with Crippen LogP contribution in [0, 0.1) is 11.8 Å². The van der Waals surface area contributed by atoms with E-state index in [-0.39, 0.29) is 35.7 Å². The molecule has 11 heteroatoms. The number of hydrogen-bond acceptors (Lipinski definition) is 8. The summed E-state index contributed by atoms with van der Waals surface area (Å²) >= 11 is 0. The topological polar surface area (TPSA) is 130 Å². The Bertz CT molecular complexity index is 1450. The molecule has 2 atom stereocenters. The van der Waals surface area contributed by atoms with Crippen molar-refractivity contribution in [3.05, 3.63) is 78.3 Å².